The van der Waals surface area contributed by atoms with E-state index in [1.807, 2.05) is 14.0 Å². The summed E-state index contributed by atoms with van der Waals surface area (Å²) in [6.45, 7) is 5.06. The van der Waals surface area contributed by atoms with E-state index in [1.165, 1.54) is 12.8 Å². The Morgan fingerprint density at radius 1 is 1.62 bits per heavy atom. The monoisotopic (exact) mass is 229 g/mol. The molecule has 5 nitrogen and oxygen atoms in total. The van der Waals surface area contributed by atoms with Gasteiger partial charge in [-0.05, 0) is 25.8 Å². The minimum absolute atomic E-state index is 0.0848. The second-order valence-corrected chi connectivity index (χ2v) is 4.69. The first kappa shape index (κ1) is 13.4. The first-order chi connectivity index (χ1) is 7.63. The zero-order chi connectivity index (χ0) is 12.0. The third kappa shape index (κ3) is 5.44. The average Bonchev–Trinajstić information content (AvgIpc) is 3.07. The van der Waals surface area contributed by atoms with E-state index in [0.717, 1.165) is 25.7 Å². The van der Waals surface area contributed by atoms with Crippen LogP contribution in [0.1, 0.15) is 19.8 Å². The van der Waals surface area contributed by atoms with Gasteiger partial charge in [0.1, 0.15) is 0 Å². The van der Waals surface area contributed by atoms with E-state index in [-0.39, 0.29) is 11.8 Å². The Labute approximate surface area is 97.3 Å². The molecule has 5 heteroatoms. The molecule has 0 aliphatic heterocycles. The molecular formula is C11H23N3O2. The molecule has 0 bridgehead atoms. The summed E-state index contributed by atoms with van der Waals surface area (Å²) in [6, 6.07) is 0. The van der Waals surface area contributed by atoms with Crippen LogP contribution in [-0.2, 0) is 9.53 Å². The molecule has 1 aliphatic carbocycles. The van der Waals surface area contributed by atoms with Crippen LogP contribution in [-0.4, -0.2) is 44.2 Å². The third-order valence-corrected chi connectivity index (χ3v) is 2.84. The molecular weight excluding hydrogens is 206 g/mol. The highest BCUT2D eigenvalue weighted by Crippen LogP contribution is 2.28. The minimum atomic E-state index is -0.120. The zero-order valence-corrected chi connectivity index (χ0v) is 10.2. The summed E-state index contributed by atoms with van der Waals surface area (Å²) in [4.78, 5) is 13.3. The van der Waals surface area contributed by atoms with Crippen molar-refractivity contribution in [3.63, 3.8) is 0 Å². The largest absolute Gasteiger partial charge is 0.380 e. The lowest BCUT2D eigenvalue weighted by Crippen LogP contribution is -2.40. The molecule has 3 N–H and O–H groups in total. The Morgan fingerprint density at radius 3 is 2.88 bits per heavy atom. The first-order valence-corrected chi connectivity index (χ1v) is 5.90. The molecule has 1 saturated carbocycles. The van der Waals surface area contributed by atoms with Gasteiger partial charge in [-0.1, -0.05) is 6.92 Å². The first-order valence-electron chi connectivity index (χ1n) is 5.90. The van der Waals surface area contributed by atoms with Crippen molar-refractivity contribution in [3.8, 4) is 0 Å². The van der Waals surface area contributed by atoms with Crippen LogP contribution < -0.4 is 11.3 Å². The van der Waals surface area contributed by atoms with Crippen LogP contribution in [0.25, 0.3) is 0 Å². The maximum Gasteiger partial charge on any atom is 0.237 e. The van der Waals surface area contributed by atoms with Crippen molar-refractivity contribution >= 4 is 5.91 Å². The Kier molecular flexibility index (Phi) is 5.73. The fourth-order valence-corrected chi connectivity index (χ4v) is 1.54. The highest BCUT2D eigenvalue weighted by atomic mass is 16.5. The van der Waals surface area contributed by atoms with Gasteiger partial charge in [-0.15, -0.1) is 0 Å². The average molecular weight is 229 g/mol. The molecule has 94 valence electrons. The number of nitrogens with two attached hydrogens (primary N) is 1. The van der Waals surface area contributed by atoms with E-state index in [4.69, 9.17) is 10.6 Å². The number of hydrogen-bond donors (Lipinski definition) is 2. The van der Waals surface area contributed by atoms with Crippen molar-refractivity contribution < 1.29 is 9.53 Å². The van der Waals surface area contributed by atoms with E-state index in [2.05, 4.69) is 10.3 Å². The number of amides is 1. The number of nitrogens with zero attached hydrogens (tertiary/aromatic N) is 1. The maximum absolute atomic E-state index is 11.2. The smallest absolute Gasteiger partial charge is 0.237 e. The molecule has 0 saturated heterocycles. The van der Waals surface area contributed by atoms with E-state index >= 15 is 0 Å². The molecule has 0 aromatic rings. The van der Waals surface area contributed by atoms with Gasteiger partial charge in [-0.3, -0.25) is 10.2 Å². The molecule has 0 aromatic carbocycles. The van der Waals surface area contributed by atoms with Gasteiger partial charge >= 0.3 is 0 Å². The van der Waals surface area contributed by atoms with Gasteiger partial charge in [0.2, 0.25) is 5.91 Å². The quantitative estimate of drug-likeness (QED) is 0.265. The number of likely N-dealkylation sites (N-methyl/N-ethyl adjacent to an activating group) is 1. The number of rotatable bonds is 8. The summed E-state index contributed by atoms with van der Waals surface area (Å²) in [7, 11) is 1.99. The predicted octanol–water partition coefficient (Wildman–Crippen LogP) is -0.0292. The van der Waals surface area contributed by atoms with E-state index < -0.39 is 0 Å². The van der Waals surface area contributed by atoms with Crippen LogP contribution in [0.3, 0.4) is 0 Å². The lowest BCUT2D eigenvalue weighted by Gasteiger charge is -2.20. The number of carbonyl (C=O) groups excluding carboxylic acids is 1. The van der Waals surface area contributed by atoms with Gasteiger partial charge < -0.3 is 9.64 Å². The molecule has 0 spiro atoms. The van der Waals surface area contributed by atoms with E-state index in [0.29, 0.717) is 6.54 Å². The molecule has 1 unspecified atom stereocenters. The fraction of sp³-hybridized carbons (Fsp3) is 0.909. The fourth-order valence-electron chi connectivity index (χ4n) is 1.54. The van der Waals surface area contributed by atoms with Crippen molar-refractivity contribution in [2.45, 2.75) is 19.8 Å². The molecule has 0 radical (unpaired) electrons. The summed E-state index contributed by atoms with van der Waals surface area (Å²) in [5.74, 6) is 5.68. The molecule has 1 fully saturated rings. The lowest BCUT2D eigenvalue weighted by atomic mass is 10.1. The highest BCUT2D eigenvalue weighted by Gasteiger charge is 2.21. The maximum atomic E-state index is 11.2. The van der Waals surface area contributed by atoms with Gasteiger partial charge in [0.15, 0.2) is 0 Å². The molecule has 1 rings (SSSR count). The standard InChI is InChI=1S/C11H23N3O2/c1-9(11(15)13-12)7-14(2)5-6-16-8-10-3-4-10/h9-10H,3-8,12H2,1-2H3,(H,13,15). The topological polar surface area (TPSA) is 67.6 Å². The van der Waals surface area contributed by atoms with Crippen molar-refractivity contribution in [3.05, 3.63) is 0 Å². The van der Waals surface area contributed by atoms with E-state index in [9.17, 15) is 4.79 Å². The van der Waals surface area contributed by atoms with Gasteiger partial charge in [0, 0.05) is 25.6 Å². The lowest BCUT2D eigenvalue weighted by molar-refractivity contribution is -0.125. The summed E-state index contributed by atoms with van der Waals surface area (Å²) in [5, 5.41) is 0. The number of ether oxygens (including phenoxy) is 1. The summed E-state index contributed by atoms with van der Waals surface area (Å²) in [5.41, 5.74) is 2.16. The normalized spacial score (nSPS) is 17.5. The third-order valence-electron chi connectivity index (χ3n) is 2.84. The van der Waals surface area contributed by atoms with Crippen LogP contribution in [0.15, 0.2) is 0 Å². The SMILES string of the molecule is CC(CN(C)CCOCC1CC1)C(=O)NN. The number of hydrogen-bond acceptors (Lipinski definition) is 4. The predicted molar refractivity (Wildman–Crippen MR) is 62.5 cm³/mol. The van der Waals surface area contributed by atoms with Crippen LogP contribution >= 0.6 is 0 Å². The zero-order valence-electron chi connectivity index (χ0n) is 10.2. The van der Waals surface area contributed by atoms with Crippen LogP contribution in [0.4, 0.5) is 0 Å². The van der Waals surface area contributed by atoms with Gasteiger partial charge in [-0.2, -0.15) is 0 Å². The van der Waals surface area contributed by atoms with E-state index in [1.54, 1.807) is 0 Å². The minimum Gasteiger partial charge on any atom is -0.380 e. The second kappa shape index (κ2) is 6.83. The van der Waals surface area contributed by atoms with Crippen LogP contribution in [0, 0.1) is 11.8 Å². The molecule has 0 aromatic heterocycles. The Balaban J connectivity index is 1.99. The van der Waals surface area contributed by atoms with Gasteiger partial charge in [0.25, 0.3) is 0 Å². The molecule has 1 amide bonds. The number of nitrogens with one attached hydrogen (secondary N) is 1. The molecule has 1 atom stereocenters. The summed E-state index contributed by atoms with van der Waals surface area (Å²) >= 11 is 0. The molecule has 16 heavy (non-hydrogen) atoms. The highest BCUT2D eigenvalue weighted by molar-refractivity contribution is 5.77. The number of hydrazine groups is 1. The summed E-state index contributed by atoms with van der Waals surface area (Å²) in [6.07, 6.45) is 2.65. The molecule has 0 heterocycles. The van der Waals surface area contributed by atoms with Gasteiger partial charge in [-0.25, -0.2) is 5.84 Å². The van der Waals surface area contributed by atoms with Crippen molar-refractivity contribution in [1.29, 1.82) is 0 Å². The number of carbonyl (C=O) groups is 1. The Morgan fingerprint density at radius 2 is 2.31 bits per heavy atom. The van der Waals surface area contributed by atoms with Crippen molar-refractivity contribution in [2.75, 3.05) is 33.4 Å². The van der Waals surface area contributed by atoms with Crippen LogP contribution in [0.5, 0.6) is 0 Å². The van der Waals surface area contributed by atoms with Crippen molar-refractivity contribution in [2.24, 2.45) is 17.7 Å². The van der Waals surface area contributed by atoms with Gasteiger partial charge in [0.05, 0.1) is 6.61 Å². The molecule has 1 aliphatic rings. The Bertz CT molecular complexity index is 219. The Hall–Kier alpha value is -0.650. The van der Waals surface area contributed by atoms with Crippen LogP contribution in [0.2, 0.25) is 0 Å². The second-order valence-electron chi connectivity index (χ2n) is 4.69. The summed E-state index contributed by atoms with van der Waals surface area (Å²) < 4.78 is 5.53. The van der Waals surface area contributed by atoms with Crippen molar-refractivity contribution in [1.82, 2.24) is 10.3 Å².